The lowest BCUT2D eigenvalue weighted by molar-refractivity contribution is 0.101. The molecule has 88 valence electrons. The molecule has 0 aliphatic heterocycles. The maximum absolute atomic E-state index is 11.1. The van der Waals surface area contributed by atoms with Crippen molar-refractivity contribution in [2.45, 2.75) is 26.3 Å². The van der Waals surface area contributed by atoms with Gasteiger partial charge in [0.15, 0.2) is 5.78 Å². The summed E-state index contributed by atoms with van der Waals surface area (Å²) in [4.78, 5) is 15.1. The average Bonchev–Trinajstić information content (AvgIpc) is 2.83. The fraction of sp³-hybridized carbons (Fsp3) is 0.286. The third-order valence-electron chi connectivity index (χ3n) is 2.80. The van der Waals surface area contributed by atoms with Gasteiger partial charge in [0.2, 0.25) is 0 Å². The molecule has 1 aromatic heterocycles. The minimum absolute atomic E-state index is 0.120. The number of imidazole rings is 1. The van der Waals surface area contributed by atoms with E-state index in [2.05, 4.69) is 9.55 Å². The Balaban J connectivity index is 1.85. The molecule has 1 aromatic carbocycles. The second-order valence-electron chi connectivity index (χ2n) is 4.16. The molecule has 0 N–H and O–H groups in total. The van der Waals surface area contributed by atoms with Crippen molar-refractivity contribution in [3.8, 4) is 0 Å². The van der Waals surface area contributed by atoms with Crippen LogP contribution >= 0.6 is 0 Å². The van der Waals surface area contributed by atoms with Crippen molar-refractivity contribution < 1.29 is 4.79 Å². The molecule has 2 aromatic rings. The summed E-state index contributed by atoms with van der Waals surface area (Å²) >= 11 is 0. The molecule has 17 heavy (non-hydrogen) atoms. The van der Waals surface area contributed by atoms with Crippen LogP contribution in [0.25, 0.3) is 0 Å². The normalized spacial score (nSPS) is 10.4. The van der Waals surface area contributed by atoms with Gasteiger partial charge in [0.1, 0.15) is 0 Å². The Kier molecular flexibility index (Phi) is 3.70. The molecule has 1 heterocycles. The number of benzene rings is 1. The van der Waals surface area contributed by atoms with Crippen LogP contribution < -0.4 is 0 Å². The van der Waals surface area contributed by atoms with E-state index in [1.807, 2.05) is 36.8 Å². The Morgan fingerprint density at radius 3 is 2.65 bits per heavy atom. The highest BCUT2D eigenvalue weighted by molar-refractivity contribution is 5.93. The van der Waals surface area contributed by atoms with Crippen LogP contribution in [0.1, 0.15) is 29.3 Å². The van der Waals surface area contributed by atoms with Gasteiger partial charge >= 0.3 is 0 Å². The van der Waals surface area contributed by atoms with E-state index < -0.39 is 0 Å². The smallest absolute Gasteiger partial charge is 0.159 e. The highest BCUT2D eigenvalue weighted by atomic mass is 16.1. The van der Waals surface area contributed by atoms with Crippen LogP contribution in [0.4, 0.5) is 0 Å². The van der Waals surface area contributed by atoms with E-state index in [0.29, 0.717) is 0 Å². The highest BCUT2D eigenvalue weighted by Gasteiger charge is 1.99. The van der Waals surface area contributed by atoms with Gasteiger partial charge in [-0.15, -0.1) is 0 Å². The minimum atomic E-state index is 0.120. The monoisotopic (exact) mass is 228 g/mol. The largest absolute Gasteiger partial charge is 0.337 e. The molecule has 3 heteroatoms. The zero-order chi connectivity index (χ0) is 12.1. The fourth-order valence-electron chi connectivity index (χ4n) is 1.79. The van der Waals surface area contributed by atoms with Crippen LogP contribution in [0.5, 0.6) is 0 Å². The minimum Gasteiger partial charge on any atom is -0.337 e. The van der Waals surface area contributed by atoms with Crippen molar-refractivity contribution in [3.63, 3.8) is 0 Å². The van der Waals surface area contributed by atoms with E-state index >= 15 is 0 Å². The zero-order valence-corrected chi connectivity index (χ0v) is 9.97. The molecule has 0 unspecified atom stereocenters. The summed E-state index contributed by atoms with van der Waals surface area (Å²) in [5.74, 6) is 0.120. The molecule has 2 rings (SSSR count). The summed E-state index contributed by atoms with van der Waals surface area (Å²) in [6.07, 6.45) is 7.70. The van der Waals surface area contributed by atoms with Gasteiger partial charge in [0.25, 0.3) is 0 Å². The van der Waals surface area contributed by atoms with Crippen molar-refractivity contribution in [2.75, 3.05) is 0 Å². The van der Waals surface area contributed by atoms with E-state index in [1.165, 1.54) is 5.56 Å². The molecule has 0 fully saturated rings. The Labute approximate surface area is 101 Å². The standard InChI is InChI=1S/C14H16N2O/c1-12(17)14-6-4-13(5-7-14)3-2-9-16-10-8-15-11-16/h4-8,10-11H,2-3,9H2,1H3. The molecule has 0 amide bonds. The molecule has 0 aliphatic rings. The molecule has 0 saturated heterocycles. The van der Waals surface area contributed by atoms with Gasteiger partial charge in [0.05, 0.1) is 6.33 Å². The molecule has 0 atom stereocenters. The van der Waals surface area contributed by atoms with E-state index in [1.54, 1.807) is 13.1 Å². The molecule has 0 saturated carbocycles. The molecular weight excluding hydrogens is 212 g/mol. The Bertz CT molecular complexity index is 471. The highest BCUT2D eigenvalue weighted by Crippen LogP contribution is 2.08. The molecule has 0 radical (unpaired) electrons. The lowest BCUT2D eigenvalue weighted by Crippen LogP contribution is -1.97. The SMILES string of the molecule is CC(=O)c1ccc(CCCn2ccnc2)cc1. The molecule has 3 nitrogen and oxygen atoms in total. The number of carbonyl (C=O) groups is 1. The molecule has 0 aliphatic carbocycles. The Morgan fingerprint density at radius 2 is 2.06 bits per heavy atom. The number of Topliss-reactive ketones (excluding diaryl/α,β-unsaturated/α-hetero) is 1. The molecule has 0 spiro atoms. The lowest BCUT2D eigenvalue weighted by atomic mass is 10.1. The second-order valence-corrected chi connectivity index (χ2v) is 4.16. The van der Waals surface area contributed by atoms with Gasteiger partial charge in [-0.25, -0.2) is 4.98 Å². The first-order valence-electron chi connectivity index (χ1n) is 5.81. The van der Waals surface area contributed by atoms with Crippen molar-refractivity contribution in [2.24, 2.45) is 0 Å². The first-order chi connectivity index (χ1) is 8.25. The van der Waals surface area contributed by atoms with Crippen molar-refractivity contribution >= 4 is 5.78 Å². The third kappa shape index (κ3) is 3.28. The number of nitrogens with zero attached hydrogens (tertiary/aromatic N) is 2. The fourth-order valence-corrected chi connectivity index (χ4v) is 1.79. The maximum atomic E-state index is 11.1. The van der Waals surface area contributed by atoms with Crippen LogP contribution in [-0.4, -0.2) is 15.3 Å². The average molecular weight is 228 g/mol. The van der Waals surface area contributed by atoms with Gasteiger partial charge in [-0.3, -0.25) is 4.79 Å². The Hall–Kier alpha value is -1.90. The molecule has 0 bridgehead atoms. The summed E-state index contributed by atoms with van der Waals surface area (Å²) in [5, 5.41) is 0. The van der Waals surface area contributed by atoms with Crippen molar-refractivity contribution in [1.82, 2.24) is 9.55 Å². The Morgan fingerprint density at radius 1 is 1.29 bits per heavy atom. The number of ketones is 1. The molecular formula is C14H16N2O. The van der Waals surface area contributed by atoms with E-state index in [4.69, 9.17) is 0 Å². The van der Waals surface area contributed by atoms with E-state index in [9.17, 15) is 4.79 Å². The lowest BCUT2D eigenvalue weighted by Gasteiger charge is -2.03. The first-order valence-corrected chi connectivity index (χ1v) is 5.81. The number of carbonyl (C=O) groups excluding carboxylic acids is 1. The van der Waals surface area contributed by atoms with Gasteiger partial charge < -0.3 is 4.57 Å². The van der Waals surface area contributed by atoms with Gasteiger partial charge in [-0.1, -0.05) is 24.3 Å². The predicted molar refractivity (Wildman–Crippen MR) is 67.0 cm³/mol. The number of aromatic nitrogens is 2. The summed E-state index contributed by atoms with van der Waals surface area (Å²) in [7, 11) is 0. The van der Waals surface area contributed by atoms with E-state index in [0.717, 1.165) is 24.9 Å². The summed E-state index contributed by atoms with van der Waals surface area (Å²) in [6.45, 7) is 2.57. The quantitative estimate of drug-likeness (QED) is 0.737. The van der Waals surface area contributed by atoms with Crippen LogP contribution in [0.2, 0.25) is 0 Å². The van der Waals surface area contributed by atoms with Crippen LogP contribution in [0, 0.1) is 0 Å². The topological polar surface area (TPSA) is 34.9 Å². The first kappa shape index (κ1) is 11.6. The summed E-state index contributed by atoms with van der Waals surface area (Å²) in [5.41, 5.74) is 2.05. The number of rotatable bonds is 5. The third-order valence-corrected chi connectivity index (χ3v) is 2.80. The van der Waals surface area contributed by atoms with Crippen LogP contribution in [-0.2, 0) is 13.0 Å². The van der Waals surface area contributed by atoms with Gasteiger partial charge in [-0.2, -0.15) is 0 Å². The maximum Gasteiger partial charge on any atom is 0.159 e. The number of aryl methyl sites for hydroxylation is 2. The van der Waals surface area contributed by atoms with Gasteiger partial charge in [0, 0.05) is 24.5 Å². The van der Waals surface area contributed by atoms with E-state index in [-0.39, 0.29) is 5.78 Å². The summed E-state index contributed by atoms with van der Waals surface area (Å²) < 4.78 is 2.07. The van der Waals surface area contributed by atoms with Gasteiger partial charge in [-0.05, 0) is 25.3 Å². The van der Waals surface area contributed by atoms with Crippen LogP contribution in [0.3, 0.4) is 0 Å². The number of hydrogen-bond acceptors (Lipinski definition) is 2. The second kappa shape index (κ2) is 5.43. The zero-order valence-electron chi connectivity index (χ0n) is 9.97. The van der Waals surface area contributed by atoms with Crippen molar-refractivity contribution in [3.05, 3.63) is 54.1 Å². The van der Waals surface area contributed by atoms with Crippen LogP contribution in [0.15, 0.2) is 43.0 Å². The summed E-state index contributed by atoms with van der Waals surface area (Å²) in [6, 6.07) is 7.86. The number of hydrogen-bond donors (Lipinski definition) is 0. The van der Waals surface area contributed by atoms with Crippen molar-refractivity contribution in [1.29, 1.82) is 0 Å². The predicted octanol–water partition coefficient (Wildman–Crippen LogP) is 2.72.